The van der Waals surface area contributed by atoms with Crippen LogP contribution in [0.5, 0.6) is 0 Å². The van der Waals surface area contributed by atoms with Crippen molar-refractivity contribution in [2.24, 2.45) is 5.73 Å². The highest BCUT2D eigenvalue weighted by molar-refractivity contribution is 7.80. The monoisotopic (exact) mass is 222 g/mol. The summed E-state index contributed by atoms with van der Waals surface area (Å²) < 4.78 is 0. The van der Waals surface area contributed by atoms with Gasteiger partial charge in [0.15, 0.2) is 0 Å². The number of hydrogen-bond donors (Lipinski definition) is 2. The standard InChI is InChI=1S/C11H14N2OS/c1-7-4-3-5-9(6-7)10(11(12)15)13-8(2)14/h3-6,10H,1-2H3,(H2,12,15)(H,13,14). The van der Waals surface area contributed by atoms with Gasteiger partial charge in [0.25, 0.3) is 0 Å². The Balaban J connectivity index is 2.98. The second-order valence-corrected chi connectivity index (χ2v) is 3.92. The van der Waals surface area contributed by atoms with Gasteiger partial charge in [0.2, 0.25) is 5.91 Å². The lowest BCUT2D eigenvalue weighted by atomic mass is 10.0. The number of carbonyl (C=O) groups excluding carboxylic acids is 1. The number of aryl methyl sites for hydroxylation is 1. The van der Waals surface area contributed by atoms with Crippen LogP contribution in [0.25, 0.3) is 0 Å². The van der Waals surface area contributed by atoms with Crippen molar-refractivity contribution in [1.82, 2.24) is 5.32 Å². The van der Waals surface area contributed by atoms with Crippen molar-refractivity contribution in [2.45, 2.75) is 19.9 Å². The summed E-state index contributed by atoms with van der Waals surface area (Å²) in [5.74, 6) is -0.144. The summed E-state index contributed by atoms with van der Waals surface area (Å²) in [5, 5.41) is 2.72. The summed E-state index contributed by atoms with van der Waals surface area (Å²) in [4.78, 5) is 11.3. The molecule has 1 aromatic carbocycles. The van der Waals surface area contributed by atoms with Crippen molar-refractivity contribution in [3.05, 3.63) is 35.4 Å². The van der Waals surface area contributed by atoms with E-state index in [2.05, 4.69) is 5.32 Å². The van der Waals surface area contributed by atoms with Gasteiger partial charge in [-0.2, -0.15) is 0 Å². The Bertz CT molecular complexity index is 390. The Labute approximate surface area is 94.7 Å². The third-order valence-corrected chi connectivity index (χ3v) is 2.24. The quantitative estimate of drug-likeness (QED) is 0.761. The fourth-order valence-electron chi connectivity index (χ4n) is 1.37. The Kier molecular flexibility index (Phi) is 3.80. The van der Waals surface area contributed by atoms with Gasteiger partial charge >= 0.3 is 0 Å². The Morgan fingerprint density at radius 3 is 2.67 bits per heavy atom. The molecule has 0 aromatic heterocycles. The van der Waals surface area contributed by atoms with Gasteiger partial charge in [-0.1, -0.05) is 42.0 Å². The van der Waals surface area contributed by atoms with Crippen molar-refractivity contribution in [2.75, 3.05) is 0 Å². The highest BCUT2D eigenvalue weighted by Crippen LogP contribution is 2.14. The van der Waals surface area contributed by atoms with Crippen LogP contribution >= 0.6 is 12.2 Å². The fraction of sp³-hybridized carbons (Fsp3) is 0.273. The van der Waals surface area contributed by atoms with Crippen LogP contribution in [0.2, 0.25) is 0 Å². The molecule has 4 heteroatoms. The summed E-state index contributed by atoms with van der Waals surface area (Å²) in [6.07, 6.45) is 0. The molecule has 1 amide bonds. The van der Waals surface area contributed by atoms with Gasteiger partial charge < -0.3 is 11.1 Å². The van der Waals surface area contributed by atoms with E-state index in [-0.39, 0.29) is 16.9 Å². The first-order chi connectivity index (χ1) is 7.00. The maximum absolute atomic E-state index is 11.0. The van der Waals surface area contributed by atoms with Crippen LogP contribution in [0.3, 0.4) is 0 Å². The number of nitrogens with one attached hydrogen (secondary N) is 1. The van der Waals surface area contributed by atoms with Crippen molar-refractivity contribution >= 4 is 23.1 Å². The van der Waals surface area contributed by atoms with E-state index in [1.54, 1.807) is 0 Å². The first-order valence-electron chi connectivity index (χ1n) is 4.63. The molecule has 80 valence electrons. The number of amides is 1. The fourth-order valence-corrected chi connectivity index (χ4v) is 1.57. The summed E-state index contributed by atoms with van der Waals surface area (Å²) in [5.41, 5.74) is 7.61. The first kappa shape index (κ1) is 11.7. The second kappa shape index (κ2) is 4.89. The third-order valence-electron chi connectivity index (χ3n) is 2.01. The minimum Gasteiger partial charge on any atom is -0.391 e. The van der Waals surface area contributed by atoms with Crippen molar-refractivity contribution in [3.8, 4) is 0 Å². The predicted octanol–water partition coefficient (Wildman–Crippen LogP) is 1.46. The van der Waals surface area contributed by atoms with Crippen LogP contribution in [0.1, 0.15) is 24.1 Å². The van der Waals surface area contributed by atoms with Gasteiger partial charge in [-0.05, 0) is 12.5 Å². The van der Waals surface area contributed by atoms with E-state index in [4.69, 9.17) is 18.0 Å². The molecule has 15 heavy (non-hydrogen) atoms. The number of hydrogen-bond acceptors (Lipinski definition) is 2. The van der Waals surface area contributed by atoms with E-state index in [1.807, 2.05) is 31.2 Å². The highest BCUT2D eigenvalue weighted by atomic mass is 32.1. The summed E-state index contributed by atoms with van der Waals surface area (Å²) in [6.45, 7) is 3.43. The van der Waals surface area contributed by atoms with Crippen LogP contribution in [-0.4, -0.2) is 10.9 Å². The Hall–Kier alpha value is -1.42. The number of carbonyl (C=O) groups is 1. The lowest BCUT2D eigenvalue weighted by Gasteiger charge is -2.17. The molecule has 1 rings (SSSR count). The molecule has 0 spiro atoms. The van der Waals surface area contributed by atoms with Crippen LogP contribution in [0.4, 0.5) is 0 Å². The summed E-state index contributed by atoms with van der Waals surface area (Å²) in [6, 6.07) is 7.37. The van der Waals surface area contributed by atoms with Crippen LogP contribution in [0, 0.1) is 6.92 Å². The highest BCUT2D eigenvalue weighted by Gasteiger charge is 2.15. The van der Waals surface area contributed by atoms with Gasteiger partial charge in [-0.3, -0.25) is 4.79 Å². The molecule has 0 aliphatic rings. The van der Waals surface area contributed by atoms with Crippen molar-refractivity contribution < 1.29 is 4.79 Å². The smallest absolute Gasteiger partial charge is 0.217 e. The van der Waals surface area contributed by atoms with E-state index < -0.39 is 0 Å². The van der Waals surface area contributed by atoms with Crippen LogP contribution in [0.15, 0.2) is 24.3 Å². The molecule has 0 saturated heterocycles. The number of thiocarbonyl (C=S) groups is 1. The van der Waals surface area contributed by atoms with Gasteiger partial charge in [-0.25, -0.2) is 0 Å². The van der Waals surface area contributed by atoms with Crippen LogP contribution in [-0.2, 0) is 4.79 Å². The zero-order valence-electron chi connectivity index (χ0n) is 8.78. The van der Waals surface area contributed by atoms with Gasteiger partial charge in [0, 0.05) is 6.92 Å². The van der Waals surface area contributed by atoms with Crippen LogP contribution < -0.4 is 11.1 Å². The second-order valence-electron chi connectivity index (χ2n) is 3.45. The lowest BCUT2D eigenvalue weighted by Crippen LogP contribution is -2.35. The molecule has 1 aromatic rings. The normalized spacial score (nSPS) is 11.9. The van der Waals surface area contributed by atoms with E-state index in [0.717, 1.165) is 11.1 Å². The summed E-state index contributed by atoms with van der Waals surface area (Å²) >= 11 is 4.92. The molecule has 0 fully saturated rings. The molecule has 0 aliphatic carbocycles. The third kappa shape index (κ3) is 3.32. The number of rotatable bonds is 3. The molecule has 3 N–H and O–H groups in total. The molecule has 1 unspecified atom stereocenters. The van der Waals surface area contributed by atoms with Crippen molar-refractivity contribution in [3.63, 3.8) is 0 Å². The molecule has 0 saturated carbocycles. The van der Waals surface area contributed by atoms with Gasteiger partial charge in [0.05, 0.1) is 0 Å². The average molecular weight is 222 g/mol. The zero-order chi connectivity index (χ0) is 11.4. The van der Waals surface area contributed by atoms with E-state index in [9.17, 15) is 4.79 Å². The van der Waals surface area contributed by atoms with Gasteiger partial charge in [0.1, 0.15) is 11.0 Å². The maximum atomic E-state index is 11.0. The first-order valence-corrected chi connectivity index (χ1v) is 5.04. The average Bonchev–Trinajstić information content (AvgIpc) is 2.13. The Morgan fingerprint density at radius 2 is 2.20 bits per heavy atom. The summed E-state index contributed by atoms with van der Waals surface area (Å²) in [7, 11) is 0. The van der Waals surface area contributed by atoms with Gasteiger partial charge in [-0.15, -0.1) is 0 Å². The molecule has 0 heterocycles. The lowest BCUT2D eigenvalue weighted by molar-refractivity contribution is -0.119. The van der Waals surface area contributed by atoms with E-state index in [1.165, 1.54) is 6.92 Å². The minimum atomic E-state index is -0.377. The number of benzene rings is 1. The molecule has 0 aliphatic heterocycles. The molecule has 1 atom stereocenters. The zero-order valence-corrected chi connectivity index (χ0v) is 9.60. The van der Waals surface area contributed by atoms with E-state index in [0.29, 0.717) is 0 Å². The molecular formula is C11H14N2OS. The SMILES string of the molecule is CC(=O)NC(C(N)=S)c1cccc(C)c1. The van der Waals surface area contributed by atoms with E-state index >= 15 is 0 Å². The number of nitrogens with two attached hydrogens (primary N) is 1. The molecule has 3 nitrogen and oxygen atoms in total. The maximum Gasteiger partial charge on any atom is 0.217 e. The molecule has 0 radical (unpaired) electrons. The largest absolute Gasteiger partial charge is 0.391 e. The van der Waals surface area contributed by atoms with Crippen molar-refractivity contribution in [1.29, 1.82) is 0 Å². The minimum absolute atomic E-state index is 0.144. The Morgan fingerprint density at radius 1 is 1.53 bits per heavy atom. The molecule has 0 bridgehead atoms. The topological polar surface area (TPSA) is 55.1 Å². The predicted molar refractivity (Wildman–Crippen MR) is 64.5 cm³/mol. The molecular weight excluding hydrogens is 208 g/mol.